The SMILES string of the molecule is C[C@H]1CCCN(C(=O)COc2cc(Cl)ccc2C(N)=O)C1. The summed E-state index contributed by atoms with van der Waals surface area (Å²) in [7, 11) is 0. The minimum absolute atomic E-state index is 0.0862. The van der Waals surface area contributed by atoms with Gasteiger partial charge in [0.15, 0.2) is 6.61 Å². The maximum Gasteiger partial charge on any atom is 0.260 e. The molecule has 114 valence electrons. The lowest BCUT2D eigenvalue weighted by molar-refractivity contribution is -0.135. The Balaban J connectivity index is 2.00. The predicted octanol–water partition coefficient (Wildman–Crippen LogP) is 2.08. The van der Waals surface area contributed by atoms with Gasteiger partial charge in [0.05, 0.1) is 5.56 Å². The molecule has 0 spiro atoms. The zero-order valence-corrected chi connectivity index (χ0v) is 12.7. The zero-order chi connectivity index (χ0) is 15.4. The molecule has 6 heteroatoms. The van der Waals surface area contributed by atoms with Crippen molar-refractivity contribution in [3.05, 3.63) is 28.8 Å². The van der Waals surface area contributed by atoms with E-state index >= 15 is 0 Å². The van der Waals surface area contributed by atoms with Crippen molar-refractivity contribution in [2.24, 2.45) is 11.7 Å². The molecule has 1 atom stereocenters. The third-order valence-corrected chi connectivity index (χ3v) is 3.81. The van der Waals surface area contributed by atoms with Crippen molar-refractivity contribution in [3.63, 3.8) is 0 Å². The molecule has 0 aromatic heterocycles. The van der Waals surface area contributed by atoms with Gasteiger partial charge < -0.3 is 15.4 Å². The van der Waals surface area contributed by atoms with E-state index in [4.69, 9.17) is 22.1 Å². The zero-order valence-electron chi connectivity index (χ0n) is 12.0. The van der Waals surface area contributed by atoms with Crippen LogP contribution in [-0.4, -0.2) is 36.4 Å². The Kier molecular flexibility index (Phi) is 5.07. The molecule has 0 radical (unpaired) electrons. The molecule has 1 fully saturated rings. The number of amides is 2. The topological polar surface area (TPSA) is 72.6 Å². The Morgan fingerprint density at radius 3 is 2.90 bits per heavy atom. The first-order valence-corrected chi connectivity index (χ1v) is 7.35. The Morgan fingerprint density at radius 2 is 2.24 bits per heavy atom. The first-order chi connectivity index (χ1) is 9.97. The van der Waals surface area contributed by atoms with Gasteiger partial charge in [-0.3, -0.25) is 9.59 Å². The molecule has 5 nitrogen and oxygen atoms in total. The van der Waals surface area contributed by atoms with E-state index in [1.165, 1.54) is 12.1 Å². The van der Waals surface area contributed by atoms with Crippen LogP contribution in [-0.2, 0) is 4.79 Å². The lowest BCUT2D eigenvalue weighted by Gasteiger charge is -2.30. The number of carbonyl (C=O) groups is 2. The van der Waals surface area contributed by atoms with Crippen molar-refractivity contribution in [1.29, 1.82) is 0 Å². The van der Waals surface area contributed by atoms with E-state index in [0.29, 0.717) is 10.9 Å². The number of halogens is 1. The maximum absolute atomic E-state index is 12.1. The molecule has 2 rings (SSSR count). The van der Waals surface area contributed by atoms with Gasteiger partial charge in [0.1, 0.15) is 5.75 Å². The van der Waals surface area contributed by atoms with Crippen molar-refractivity contribution in [2.75, 3.05) is 19.7 Å². The van der Waals surface area contributed by atoms with Gasteiger partial charge in [-0.25, -0.2) is 0 Å². The number of hydrogen-bond acceptors (Lipinski definition) is 3. The van der Waals surface area contributed by atoms with Crippen molar-refractivity contribution in [1.82, 2.24) is 4.90 Å². The van der Waals surface area contributed by atoms with Crippen LogP contribution in [0.15, 0.2) is 18.2 Å². The number of primary amides is 1. The van der Waals surface area contributed by atoms with Crippen LogP contribution in [0.2, 0.25) is 5.02 Å². The summed E-state index contributed by atoms with van der Waals surface area (Å²) in [4.78, 5) is 25.3. The summed E-state index contributed by atoms with van der Waals surface area (Å²) in [6.45, 7) is 3.51. The highest BCUT2D eigenvalue weighted by Crippen LogP contribution is 2.23. The fraction of sp³-hybridized carbons (Fsp3) is 0.467. The average molecular weight is 311 g/mol. The molecule has 1 aliphatic rings. The second-order valence-corrected chi connectivity index (χ2v) is 5.82. The minimum atomic E-state index is -0.610. The number of nitrogens with two attached hydrogens (primary N) is 1. The summed E-state index contributed by atoms with van der Waals surface area (Å²) in [5.74, 6) is 0.0566. The molecule has 0 unspecified atom stereocenters. The molecule has 1 aromatic rings. The van der Waals surface area contributed by atoms with Crippen LogP contribution in [0.25, 0.3) is 0 Å². The summed E-state index contributed by atoms with van der Waals surface area (Å²) in [6, 6.07) is 4.55. The van der Waals surface area contributed by atoms with Crippen LogP contribution < -0.4 is 10.5 Å². The Labute approximate surface area is 129 Å². The third-order valence-electron chi connectivity index (χ3n) is 3.57. The number of hydrogen-bond donors (Lipinski definition) is 1. The molecule has 1 aliphatic heterocycles. The van der Waals surface area contributed by atoms with Crippen LogP contribution in [0.4, 0.5) is 0 Å². The Hall–Kier alpha value is -1.75. The van der Waals surface area contributed by atoms with Crippen LogP contribution in [0.3, 0.4) is 0 Å². The molecule has 1 heterocycles. The average Bonchev–Trinajstić information content (AvgIpc) is 2.44. The van der Waals surface area contributed by atoms with Gasteiger partial charge in [-0.15, -0.1) is 0 Å². The third kappa shape index (κ3) is 4.11. The highest BCUT2D eigenvalue weighted by Gasteiger charge is 2.21. The fourth-order valence-corrected chi connectivity index (χ4v) is 2.63. The van der Waals surface area contributed by atoms with E-state index in [9.17, 15) is 9.59 Å². The van der Waals surface area contributed by atoms with Gasteiger partial charge in [0.25, 0.3) is 11.8 Å². The first-order valence-electron chi connectivity index (χ1n) is 6.97. The Bertz CT molecular complexity index is 548. The minimum Gasteiger partial charge on any atom is -0.483 e. The summed E-state index contributed by atoms with van der Waals surface area (Å²) in [5, 5.41) is 0.425. The number of benzene rings is 1. The molecule has 0 saturated carbocycles. The normalized spacial score (nSPS) is 18.4. The van der Waals surface area contributed by atoms with Crippen LogP contribution in [0.1, 0.15) is 30.1 Å². The van der Waals surface area contributed by atoms with E-state index in [1.807, 2.05) is 0 Å². The van der Waals surface area contributed by atoms with E-state index in [2.05, 4.69) is 6.92 Å². The highest BCUT2D eigenvalue weighted by atomic mass is 35.5. The number of nitrogens with zero attached hydrogens (tertiary/aromatic N) is 1. The van der Waals surface area contributed by atoms with Gasteiger partial charge in [0, 0.05) is 18.1 Å². The van der Waals surface area contributed by atoms with Crippen LogP contribution >= 0.6 is 11.6 Å². The van der Waals surface area contributed by atoms with E-state index in [-0.39, 0.29) is 23.8 Å². The van der Waals surface area contributed by atoms with Crippen LogP contribution in [0, 0.1) is 5.92 Å². The molecular weight excluding hydrogens is 292 g/mol. The molecule has 0 aliphatic carbocycles. The number of piperidine rings is 1. The standard InChI is InChI=1S/C15H19ClN2O3/c1-10-3-2-6-18(8-10)14(19)9-21-13-7-11(16)4-5-12(13)15(17)20/h4-5,7,10H,2-3,6,8-9H2,1H3,(H2,17,20)/t10-/m0/s1. The maximum atomic E-state index is 12.1. The van der Waals surface area contributed by atoms with Crippen LogP contribution in [0.5, 0.6) is 5.75 Å². The van der Waals surface area contributed by atoms with Gasteiger partial charge in [-0.1, -0.05) is 18.5 Å². The van der Waals surface area contributed by atoms with Gasteiger partial charge >= 0.3 is 0 Å². The van der Waals surface area contributed by atoms with Gasteiger partial charge in [0.2, 0.25) is 0 Å². The summed E-state index contributed by atoms with van der Waals surface area (Å²) in [5.41, 5.74) is 5.50. The molecule has 2 amide bonds. The number of ether oxygens (including phenoxy) is 1. The fourth-order valence-electron chi connectivity index (χ4n) is 2.47. The Morgan fingerprint density at radius 1 is 1.48 bits per heavy atom. The van der Waals surface area contributed by atoms with Gasteiger partial charge in [-0.2, -0.15) is 0 Å². The molecule has 1 aromatic carbocycles. The second kappa shape index (κ2) is 6.80. The summed E-state index contributed by atoms with van der Waals surface area (Å²) < 4.78 is 5.45. The van der Waals surface area contributed by atoms with E-state index in [1.54, 1.807) is 11.0 Å². The molecule has 2 N–H and O–H groups in total. The number of likely N-dealkylation sites (tertiary alicyclic amines) is 1. The highest BCUT2D eigenvalue weighted by molar-refractivity contribution is 6.30. The smallest absolute Gasteiger partial charge is 0.260 e. The number of carbonyl (C=O) groups excluding carboxylic acids is 2. The summed E-state index contributed by atoms with van der Waals surface area (Å²) in [6.07, 6.45) is 2.15. The van der Waals surface area contributed by atoms with Crippen molar-refractivity contribution in [3.8, 4) is 5.75 Å². The van der Waals surface area contributed by atoms with E-state index < -0.39 is 5.91 Å². The monoisotopic (exact) mass is 310 g/mol. The largest absolute Gasteiger partial charge is 0.483 e. The lowest BCUT2D eigenvalue weighted by Crippen LogP contribution is -2.41. The quantitative estimate of drug-likeness (QED) is 0.925. The molecule has 1 saturated heterocycles. The molecular formula is C15H19ClN2O3. The second-order valence-electron chi connectivity index (χ2n) is 5.38. The molecule has 0 bridgehead atoms. The predicted molar refractivity (Wildman–Crippen MR) is 80.4 cm³/mol. The lowest BCUT2D eigenvalue weighted by atomic mass is 10.0. The van der Waals surface area contributed by atoms with Gasteiger partial charge in [-0.05, 0) is 37.0 Å². The number of rotatable bonds is 4. The van der Waals surface area contributed by atoms with Crippen molar-refractivity contribution < 1.29 is 14.3 Å². The first kappa shape index (κ1) is 15.6. The summed E-state index contributed by atoms with van der Waals surface area (Å²) >= 11 is 5.88. The molecule has 21 heavy (non-hydrogen) atoms. The van der Waals surface area contributed by atoms with E-state index in [0.717, 1.165) is 25.9 Å². The van der Waals surface area contributed by atoms with Crippen molar-refractivity contribution >= 4 is 23.4 Å². The van der Waals surface area contributed by atoms with Crippen molar-refractivity contribution in [2.45, 2.75) is 19.8 Å².